The van der Waals surface area contributed by atoms with Gasteiger partial charge in [0.25, 0.3) is 0 Å². The van der Waals surface area contributed by atoms with Crippen LogP contribution in [0.2, 0.25) is 0 Å². The minimum absolute atomic E-state index is 0.363. The third kappa shape index (κ3) is 1.67. The highest BCUT2D eigenvalue weighted by atomic mass is 79.9. The summed E-state index contributed by atoms with van der Waals surface area (Å²) in [5, 5.41) is 4.55. The molecule has 1 aromatic carbocycles. The Kier molecular flexibility index (Phi) is 2.06. The molecule has 0 N–H and O–H groups in total. The van der Waals surface area contributed by atoms with E-state index in [0.717, 1.165) is 16.5 Å². The van der Waals surface area contributed by atoms with Gasteiger partial charge in [-0.15, -0.1) is 5.10 Å². The zero-order valence-electron chi connectivity index (χ0n) is 8.08. The Morgan fingerprint density at radius 2 is 2.27 bits per heavy atom. The van der Waals surface area contributed by atoms with E-state index in [2.05, 4.69) is 21.0 Å². The van der Waals surface area contributed by atoms with Crippen LogP contribution in [-0.2, 0) is 6.54 Å². The van der Waals surface area contributed by atoms with E-state index in [4.69, 9.17) is 0 Å². The molecule has 3 rings (SSSR count). The second-order valence-corrected chi connectivity index (χ2v) is 4.99. The fourth-order valence-corrected chi connectivity index (χ4v) is 2.14. The molecule has 0 spiro atoms. The standard InChI is InChI=1S/C11H10BrFN2/c12-8-3-4-9-10(5-8)15(14-11(9)13)6-7-1-2-7/h3-5,7H,1-2,6H2. The Labute approximate surface area is 95.2 Å². The van der Waals surface area contributed by atoms with Gasteiger partial charge in [0.15, 0.2) is 0 Å². The van der Waals surface area contributed by atoms with Crippen molar-refractivity contribution in [3.63, 3.8) is 0 Å². The number of rotatable bonds is 2. The van der Waals surface area contributed by atoms with Gasteiger partial charge in [0.2, 0.25) is 5.95 Å². The van der Waals surface area contributed by atoms with Gasteiger partial charge >= 0.3 is 0 Å². The van der Waals surface area contributed by atoms with Crippen molar-refractivity contribution in [1.29, 1.82) is 0 Å². The normalized spacial score (nSPS) is 16.1. The number of fused-ring (bicyclic) bond motifs is 1. The molecular weight excluding hydrogens is 259 g/mol. The number of aromatic nitrogens is 2. The van der Waals surface area contributed by atoms with E-state index in [0.29, 0.717) is 11.3 Å². The molecule has 0 bridgehead atoms. The van der Waals surface area contributed by atoms with E-state index in [1.54, 1.807) is 10.7 Å². The lowest BCUT2D eigenvalue weighted by Gasteiger charge is -2.00. The maximum Gasteiger partial charge on any atom is 0.240 e. The monoisotopic (exact) mass is 268 g/mol. The number of benzene rings is 1. The van der Waals surface area contributed by atoms with Crippen LogP contribution >= 0.6 is 15.9 Å². The van der Waals surface area contributed by atoms with Crippen LogP contribution in [0.3, 0.4) is 0 Å². The van der Waals surface area contributed by atoms with Crippen molar-refractivity contribution in [1.82, 2.24) is 9.78 Å². The van der Waals surface area contributed by atoms with Gasteiger partial charge < -0.3 is 0 Å². The van der Waals surface area contributed by atoms with Gasteiger partial charge in [0.1, 0.15) is 0 Å². The van der Waals surface area contributed by atoms with Crippen molar-refractivity contribution in [3.05, 3.63) is 28.6 Å². The summed E-state index contributed by atoms with van der Waals surface area (Å²) >= 11 is 3.39. The first-order valence-corrected chi connectivity index (χ1v) is 5.85. The first kappa shape index (κ1) is 9.33. The first-order valence-electron chi connectivity index (χ1n) is 5.05. The predicted octanol–water partition coefficient (Wildman–Crippen LogP) is 3.35. The summed E-state index contributed by atoms with van der Waals surface area (Å²) < 4.78 is 16.2. The van der Waals surface area contributed by atoms with Crippen molar-refractivity contribution < 1.29 is 4.39 Å². The summed E-state index contributed by atoms with van der Waals surface area (Å²) in [6.45, 7) is 0.844. The fraction of sp³-hybridized carbons (Fsp3) is 0.364. The molecule has 1 saturated carbocycles. The van der Waals surface area contributed by atoms with E-state index in [1.807, 2.05) is 12.1 Å². The Morgan fingerprint density at radius 3 is 3.00 bits per heavy atom. The van der Waals surface area contributed by atoms with Gasteiger partial charge in [-0.2, -0.15) is 4.39 Å². The third-order valence-electron chi connectivity index (χ3n) is 2.80. The molecule has 1 heterocycles. The summed E-state index contributed by atoms with van der Waals surface area (Å²) in [5.41, 5.74) is 0.883. The number of halogens is 2. The highest BCUT2D eigenvalue weighted by molar-refractivity contribution is 9.10. The van der Waals surface area contributed by atoms with Crippen LogP contribution in [0.5, 0.6) is 0 Å². The van der Waals surface area contributed by atoms with Gasteiger partial charge in [0, 0.05) is 11.0 Å². The van der Waals surface area contributed by atoms with Crippen molar-refractivity contribution in [2.75, 3.05) is 0 Å². The van der Waals surface area contributed by atoms with Crippen LogP contribution < -0.4 is 0 Å². The molecule has 0 amide bonds. The SMILES string of the molecule is Fc1nn(CC2CC2)c2cc(Br)ccc12. The molecular formula is C11H10BrFN2. The number of hydrogen-bond donors (Lipinski definition) is 0. The van der Waals surface area contributed by atoms with Crippen LogP contribution in [0.25, 0.3) is 10.9 Å². The van der Waals surface area contributed by atoms with Crippen molar-refractivity contribution in [2.45, 2.75) is 19.4 Å². The third-order valence-corrected chi connectivity index (χ3v) is 3.29. The molecule has 0 atom stereocenters. The molecule has 1 aromatic heterocycles. The quantitative estimate of drug-likeness (QED) is 0.817. The van der Waals surface area contributed by atoms with Crippen LogP contribution in [0.4, 0.5) is 4.39 Å². The fourth-order valence-electron chi connectivity index (χ4n) is 1.79. The highest BCUT2D eigenvalue weighted by Crippen LogP contribution is 2.32. The number of nitrogens with zero attached hydrogens (tertiary/aromatic N) is 2. The summed E-state index contributed by atoms with van der Waals surface area (Å²) in [4.78, 5) is 0. The van der Waals surface area contributed by atoms with Crippen molar-refractivity contribution >= 4 is 26.8 Å². The topological polar surface area (TPSA) is 17.8 Å². The molecule has 1 fully saturated rings. The smallest absolute Gasteiger partial charge is 0.240 e. The molecule has 0 saturated heterocycles. The summed E-state index contributed by atoms with van der Waals surface area (Å²) in [6.07, 6.45) is 2.49. The molecule has 2 nitrogen and oxygen atoms in total. The van der Waals surface area contributed by atoms with Crippen LogP contribution in [0, 0.1) is 11.9 Å². The Bertz CT molecular complexity index is 517. The van der Waals surface area contributed by atoms with Crippen LogP contribution in [-0.4, -0.2) is 9.78 Å². The van der Waals surface area contributed by atoms with Crippen molar-refractivity contribution in [3.8, 4) is 0 Å². The molecule has 1 aliphatic carbocycles. The lowest BCUT2D eigenvalue weighted by Crippen LogP contribution is -2.01. The second kappa shape index (κ2) is 3.30. The summed E-state index contributed by atoms with van der Waals surface area (Å²) in [5.74, 6) is 0.338. The average Bonchev–Trinajstić information content (AvgIpc) is 2.95. The summed E-state index contributed by atoms with van der Waals surface area (Å²) in [6, 6.07) is 5.54. The van der Waals surface area contributed by atoms with Gasteiger partial charge in [-0.25, -0.2) is 0 Å². The molecule has 4 heteroatoms. The van der Waals surface area contributed by atoms with E-state index in [1.165, 1.54) is 12.8 Å². The van der Waals surface area contributed by atoms with E-state index < -0.39 is 0 Å². The van der Waals surface area contributed by atoms with Gasteiger partial charge in [-0.3, -0.25) is 4.68 Å². The number of hydrogen-bond acceptors (Lipinski definition) is 1. The molecule has 15 heavy (non-hydrogen) atoms. The molecule has 78 valence electrons. The second-order valence-electron chi connectivity index (χ2n) is 4.08. The molecule has 0 aliphatic heterocycles. The predicted molar refractivity (Wildman–Crippen MR) is 60.1 cm³/mol. The lowest BCUT2D eigenvalue weighted by molar-refractivity contribution is 0.512. The highest BCUT2D eigenvalue weighted by Gasteiger charge is 2.23. The average molecular weight is 269 g/mol. The Morgan fingerprint density at radius 1 is 1.47 bits per heavy atom. The zero-order chi connectivity index (χ0) is 10.4. The minimum atomic E-state index is -0.363. The van der Waals surface area contributed by atoms with E-state index >= 15 is 0 Å². The van der Waals surface area contributed by atoms with Crippen LogP contribution in [0.1, 0.15) is 12.8 Å². The molecule has 2 aromatic rings. The largest absolute Gasteiger partial charge is 0.262 e. The minimum Gasteiger partial charge on any atom is -0.262 e. The summed E-state index contributed by atoms with van der Waals surface area (Å²) in [7, 11) is 0. The maximum atomic E-state index is 13.5. The molecule has 0 radical (unpaired) electrons. The Balaban J connectivity index is 2.14. The first-order chi connectivity index (χ1) is 7.24. The van der Waals surface area contributed by atoms with Crippen molar-refractivity contribution in [2.24, 2.45) is 5.92 Å². The maximum absolute atomic E-state index is 13.5. The van der Waals surface area contributed by atoms with Gasteiger partial charge in [-0.05, 0) is 37.0 Å². The molecule has 0 unspecified atom stereocenters. The van der Waals surface area contributed by atoms with E-state index in [9.17, 15) is 4.39 Å². The van der Waals surface area contributed by atoms with Gasteiger partial charge in [-0.1, -0.05) is 15.9 Å². The molecule has 1 aliphatic rings. The zero-order valence-corrected chi connectivity index (χ0v) is 9.67. The van der Waals surface area contributed by atoms with Gasteiger partial charge in [0.05, 0.1) is 10.9 Å². The lowest BCUT2D eigenvalue weighted by atomic mass is 10.2. The van der Waals surface area contributed by atoms with Crippen LogP contribution in [0.15, 0.2) is 22.7 Å². The van der Waals surface area contributed by atoms with E-state index in [-0.39, 0.29) is 5.95 Å². The Hall–Kier alpha value is -0.900.